The number of hydrogen-bond donors (Lipinski definition) is 4. The number of ether oxygens (including phenoxy) is 3. The first-order chi connectivity index (χ1) is 24.5. The number of thioether (sulfide) groups is 1. The van der Waals surface area contributed by atoms with Crippen molar-refractivity contribution >= 4 is 23.5 Å². The molecule has 5 aromatic rings. The van der Waals surface area contributed by atoms with Crippen LogP contribution in [0.2, 0.25) is 0 Å². The summed E-state index contributed by atoms with van der Waals surface area (Å²) in [5, 5.41) is 24.7. The van der Waals surface area contributed by atoms with E-state index in [1.165, 1.54) is 0 Å². The number of carbonyl (C=O) groups excluding carboxylic acids is 1. The van der Waals surface area contributed by atoms with Crippen molar-refractivity contribution < 1.29 is 29.2 Å². The smallest absolute Gasteiger partial charge is 0.319 e. The Bertz CT molecular complexity index is 1800. The minimum absolute atomic E-state index is 0.00720. The van der Waals surface area contributed by atoms with Gasteiger partial charge >= 0.3 is 6.03 Å². The first kappa shape index (κ1) is 35.2. The summed E-state index contributed by atoms with van der Waals surface area (Å²) in [7, 11) is 0. The van der Waals surface area contributed by atoms with Crippen LogP contribution in [0, 0.1) is 5.92 Å². The van der Waals surface area contributed by atoms with Gasteiger partial charge in [0, 0.05) is 35.2 Å². The van der Waals surface area contributed by atoms with Crippen molar-refractivity contribution in [2.75, 3.05) is 23.4 Å². The fraction of sp³-hybridized carbons (Fsp3) is 0.244. The maximum Gasteiger partial charge on any atom is 0.319 e. The lowest BCUT2D eigenvalue weighted by Gasteiger charge is -2.41. The van der Waals surface area contributed by atoms with Crippen LogP contribution in [0.25, 0.3) is 11.1 Å². The van der Waals surface area contributed by atoms with Gasteiger partial charge in [-0.2, -0.15) is 11.8 Å². The van der Waals surface area contributed by atoms with Crippen LogP contribution in [0.1, 0.15) is 41.6 Å². The normalized spacial score (nSPS) is 18.7. The molecule has 0 saturated carbocycles. The molecule has 1 fully saturated rings. The number of aliphatic hydroxyl groups is 2. The number of carbonyl (C=O) groups is 1. The van der Waals surface area contributed by atoms with Gasteiger partial charge in [-0.15, -0.1) is 0 Å². The summed E-state index contributed by atoms with van der Waals surface area (Å²) in [6, 6.07) is 40.5. The van der Waals surface area contributed by atoms with Gasteiger partial charge < -0.3 is 35.1 Å². The minimum Gasteiger partial charge on any atom is -0.457 e. The monoisotopic (exact) mass is 690 g/mol. The third-order valence-electron chi connectivity index (χ3n) is 8.68. The Morgan fingerprint density at radius 3 is 2.18 bits per heavy atom. The molecule has 0 radical (unpaired) electrons. The van der Waals surface area contributed by atoms with E-state index in [2.05, 4.69) is 29.7 Å². The highest BCUT2D eigenvalue weighted by molar-refractivity contribution is 7.99. The van der Waals surface area contributed by atoms with E-state index in [0.717, 1.165) is 44.9 Å². The Morgan fingerprint density at radius 2 is 1.46 bits per heavy atom. The molecule has 0 bridgehead atoms. The molecule has 4 unspecified atom stereocenters. The number of nitrogens with one attached hydrogen (secondary N) is 2. The molecule has 2 amide bonds. The maximum atomic E-state index is 12.8. The van der Waals surface area contributed by atoms with Crippen LogP contribution in [0.4, 0.5) is 10.5 Å². The molecule has 4 N–H and O–H groups in total. The lowest BCUT2D eigenvalue weighted by Crippen LogP contribution is -2.38. The summed E-state index contributed by atoms with van der Waals surface area (Å²) >= 11 is 1.67. The zero-order valence-electron chi connectivity index (χ0n) is 27.9. The van der Waals surface area contributed by atoms with Crippen molar-refractivity contribution in [3.05, 3.63) is 150 Å². The number of benzene rings is 5. The Hall–Kier alpha value is -4.64. The number of aliphatic hydroxyl groups excluding tert-OH is 2. The van der Waals surface area contributed by atoms with Gasteiger partial charge in [-0.05, 0) is 64.2 Å². The van der Waals surface area contributed by atoms with Crippen molar-refractivity contribution in [1.82, 2.24) is 5.32 Å². The lowest BCUT2D eigenvalue weighted by atomic mass is 9.91. The average molecular weight is 691 g/mol. The van der Waals surface area contributed by atoms with Crippen LogP contribution < -0.4 is 15.4 Å². The van der Waals surface area contributed by atoms with Crippen LogP contribution in [-0.4, -0.2) is 40.5 Å². The van der Waals surface area contributed by atoms with E-state index in [-0.39, 0.29) is 37.4 Å². The SMILES string of the molecule is CC1C(CSCCO)OC(c2ccc(-c3ccccc3CNC(=O)Nc3ccc(Oc4ccccc4)cc3)cc2)OC1c1ccc(CO)cc1. The van der Waals surface area contributed by atoms with Gasteiger partial charge in [0.05, 0.1) is 25.4 Å². The predicted molar refractivity (Wildman–Crippen MR) is 198 cm³/mol. The summed E-state index contributed by atoms with van der Waals surface area (Å²) in [4.78, 5) is 12.8. The number of anilines is 1. The summed E-state index contributed by atoms with van der Waals surface area (Å²) in [5.41, 5.74) is 6.46. The third kappa shape index (κ3) is 9.12. The molecule has 258 valence electrons. The molecule has 1 aliphatic heterocycles. The van der Waals surface area contributed by atoms with E-state index in [1.807, 2.05) is 103 Å². The Morgan fingerprint density at radius 1 is 0.780 bits per heavy atom. The van der Waals surface area contributed by atoms with Gasteiger partial charge in [0.1, 0.15) is 11.5 Å². The van der Waals surface area contributed by atoms with E-state index in [1.54, 1.807) is 23.9 Å². The molecule has 1 aliphatic rings. The van der Waals surface area contributed by atoms with Crippen LogP contribution >= 0.6 is 11.8 Å². The minimum atomic E-state index is -0.568. The summed E-state index contributed by atoms with van der Waals surface area (Å²) in [5.74, 6) is 2.91. The van der Waals surface area contributed by atoms with Crippen LogP contribution in [0.15, 0.2) is 127 Å². The first-order valence-corrected chi connectivity index (χ1v) is 17.9. The largest absolute Gasteiger partial charge is 0.457 e. The quantitative estimate of drug-likeness (QED) is 0.0918. The van der Waals surface area contributed by atoms with Gasteiger partial charge in [-0.1, -0.05) is 97.9 Å². The maximum absolute atomic E-state index is 12.8. The molecule has 4 atom stereocenters. The number of rotatable bonds is 13. The van der Waals surface area contributed by atoms with Crippen molar-refractivity contribution in [1.29, 1.82) is 0 Å². The molecule has 0 spiro atoms. The molecule has 0 aromatic heterocycles. The van der Waals surface area contributed by atoms with Crippen LogP contribution in [0.5, 0.6) is 11.5 Å². The summed E-state index contributed by atoms with van der Waals surface area (Å²) in [6.07, 6.45) is -0.840. The molecular formula is C41H42N2O6S. The van der Waals surface area contributed by atoms with Gasteiger partial charge in [0.2, 0.25) is 0 Å². The number of para-hydroxylation sites is 1. The molecule has 0 aliphatic carbocycles. The topological polar surface area (TPSA) is 109 Å². The van der Waals surface area contributed by atoms with Gasteiger partial charge in [0.15, 0.2) is 6.29 Å². The zero-order valence-corrected chi connectivity index (χ0v) is 28.7. The molecular weight excluding hydrogens is 649 g/mol. The van der Waals surface area contributed by atoms with Crippen LogP contribution in [-0.2, 0) is 22.6 Å². The van der Waals surface area contributed by atoms with Crippen molar-refractivity contribution in [3.63, 3.8) is 0 Å². The highest BCUT2D eigenvalue weighted by Gasteiger charge is 2.38. The fourth-order valence-corrected chi connectivity index (χ4v) is 6.84. The number of amides is 2. The standard InChI is InChI=1S/C41H42N2O6S/c1-28-38(27-50-24-23-44)48-40(49-39(28)31-13-11-29(26-45)12-14-31)32-17-15-30(16-18-32)37-10-6-5-7-33(37)25-42-41(46)43-34-19-21-36(22-20-34)47-35-8-3-2-4-9-35/h2-22,28,38-40,44-45H,23-27H2,1H3,(H2,42,43,46). The summed E-state index contributed by atoms with van der Waals surface area (Å²) < 4.78 is 19.0. The molecule has 6 rings (SSSR count). The van der Waals surface area contributed by atoms with E-state index < -0.39 is 6.29 Å². The van der Waals surface area contributed by atoms with E-state index >= 15 is 0 Å². The number of hydrogen-bond acceptors (Lipinski definition) is 7. The van der Waals surface area contributed by atoms with E-state index in [9.17, 15) is 15.0 Å². The highest BCUT2D eigenvalue weighted by atomic mass is 32.2. The number of urea groups is 1. The molecule has 50 heavy (non-hydrogen) atoms. The third-order valence-corrected chi connectivity index (χ3v) is 9.72. The molecule has 9 heteroatoms. The second-order valence-electron chi connectivity index (χ2n) is 12.1. The molecule has 1 saturated heterocycles. The Kier molecular flexibility index (Phi) is 12.2. The van der Waals surface area contributed by atoms with Gasteiger partial charge in [-0.25, -0.2) is 4.79 Å². The second-order valence-corrected chi connectivity index (χ2v) is 13.3. The van der Waals surface area contributed by atoms with Crippen molar-refractivity contribution in [3.8, 4) is 22.6 Å². The lowest BCUT2D eigenvalue weighted by molar-refractivity contribution is -0.268. The first-order valence-electron chi connectivity index (χ1n) is 16.8. The Balaban J connectivity index is 1.10. The second kappa shape index (κ2) is 17.3. The zero-order chi connectivity index (χ0) is 34.7. The predicted octanol–water partition coefficient (Wildman–Crippen LogP) is 8.48. The molecule has 8 nitrogen and oxygen atoms in total. The fourth-order valence-electron chi connectivity index (χ4n) is 5.93. The highest BCUT2D eigenvalue weighted by Crippen LogP contribution is 2.42. The van der Waals surface area contributed by atoms with Crippen molar-refractivity contribution in [2.45, 2.75) is 38.6 Å². The molecule has 1 heterocycles. The van der Waals surface area contributed by atoms with E-state index in [4.69, 9.17) is 14.2 Å². The Labute approximate surface area is 297 Å². The van der Waals surface area contributed by atoms with Gasteiger partial charge in [-0.3, -0.25) is 0 Å². The molecule has 5 aromatic carbocycles. The van der Waals surface area contributed by atoms with Gasteiger partial charge in [0.25, 0.3) is 0 Å². The summed E-state index contributed by atoms with van der Waals surface area (Å²) in [6.45, 7) is 2.60. The van der Waals surface area contributed by atoms with Crippen molar-refractivity contribution in [2.24, 2.45) is 5.92 Å². The van der Waals surface area contributed by atoms with Crippen LogP contribution in [0.3, 0.4) is 0 Å². The average Bonchev–Trinajstić information content (AvgIpc) is 3.16. The van der Waals surface area contributed by atoms with E-state index in [0.29, 0.717) is 23.7 Å².